The summed E-state index contributed by atoms with van der Waals surface area (Å²) in [5.74, 6) is -2.25. The maximum absolute atomic E-state index is 13.1. The first-order valence-electron chi connectivity index (χ1n) is 10.8. The Bertz CT molecular complexity index is 826. The van der Waals surface area contributed by atoms with Crippen LogP contribution in [-0.2, 0) is 33.3 Å². The van der Waals surface area contributed by atoms with Crippen LogP contribution in [0.1, 0.15) is 34.1 Å². The quantitative estimate of drug-likeness (QED) is 0.490. The summed E-state index contributed by atoms with van der Waals surface area (Å²) >= 11 is 1.61. The molecule has 2 aliphatic heterocycles. The molecule has 0 spiro atoms. The predicted octanol–water partition coefficient (Wildman–Crippen LogP) is 1.69. The molecule has 0 aromatic carbocycles. The van der Waals surface area contributed by atoms with Crippen molar-refractivity contribution in [3.63, 3.8) is 0 Å². The molecular weight excluding hydrogens is 424 g/mol. The molecule has 0 bridgehead atoms. The van der Waals surface area contributed by atoms with Gasteiger partial charge < -0.3 is 24.1 Å². The summed E-state index contributed by atoms with van der Waals surface area (Å²) in [5, 5.41) is 11.0. The Morgan fingerprint density at radius 1 is 1.29 bits per heavy atom. The molecule has 2 aliphatic carbocycles. The van der Waals surface area contributed by atoms with Crippen LogP contribution in [0.2, 0.25) is 0 Å². The maximum atomic E-state index is 13.1. The van der Waals surface area contributed by atoms with Crippen LogP contribution in [0, 0.1) is 28.6 Å². The number of esters is 3. The largest absolute Gasteiger partial charge is 0.466 e. The van der Waals surface area contributed by atoms with Crippen molar-refractivity contribution in [3.05, 3.63) is 11.6 Å². The predicted molar refractivity (Wildman–Crippen MR) is 111 cm³/mol. The van der Waals surface area contributed by atoms with Gasteiger partial charge >= 0.3 is 17.9 Å². The van der Waals surface area contributed by atoms with Gasteiger partial charge in [0.05, 0.1) is 23.9 Å². The van der Waals surface area contributed by atoms with E-state index >= 15 is 0 Å². The van der Waals surface area contributed by atoms with Gasteiger partial charge in [-0.15, -0.1) is 0 Å². The van der Waals surface area contributed by atoms with Gasteiger partial charge in [-0.05, 0) is 31.6 Å². The molecular formula is C22H30O8S. The third-order valence-electron chi connectivity index (χ3n) is 7.62. The van der Waals surface area contributed by atoms with Gasteiger partial charge in [-0.2, -0.15) is 11.8 Å². The smallest absolute Gasteiger partial charge is 0.333 e. The molecule has 2 saturated carbocycles. The van der Waals surface area contributed by atoms with Gasteiger partial charge in [-0.1, -0.05) is 13.8 Å². The molecule has 0 aromatic heterocycles. The SMILES string of the molecule is CCOC(=O)C1C[C@]2(C)C(=O)O[C@@H]3[C@H](O)C4C(=CC(=O)O[C@@H]4OC)[C@@](C)(C1SCC)[C@@H]32. The van der Waals surface area contributed by atoms with Crippen LogP contribution in [0.25, 0.3) is 0 Å². The molecule has 1 saturated heterocycles. The average Bonchev–Trinajstić information content (AvgIpc) is 3.00. The number of cyclic esters (lactones) is 1. The number of thioether (sulfide) groups is 1. The fourth-order valence-electron chi connectivity index (χ4n) is 6.57. The highest BCUT2D eigenvalue weighted by Crippen LogP contribution is 2.69. The normalized spacial score (nSPS) is 45.7. The van der Waals surface area contributed by atoms with Gasteiger partial charge in [0, 0.05) is 29.8 Å². The van der Waals surface area contributed by atoms with Crippen LogP contribution in [0.5, 0.6) is 0 Å². The van der Waals surface area contributed by atoms with Gasteiger partial charge in [0.2, 0.25) is 6.29 Å². The van der Waals surface area contributed by atoms with Crippen LogP contribution < -0.4 is 0 Å². The third-order valence-corrected chi connectivity index (χ3v) is 9.13. The molecule has 4 rings (SSSR count). The lowest BCUT2D eigenvalue weighted by Crippen LogP contribution is -2.66. The molecule has 0 amide bonds. The summed E-state index contributed by atoms with van der Waals surface area (Å²) in [7, 11) is 1.41. The van der Waals surface area contributed by atoms with E-state index in [0.717, 1.165) is 5.75 Å². The number of ether oxygens (including phenoxy) is 4. The highest BCUT2D eigenvalue weighted by Gasteiger charge is 2.74. The van der Waals surface area contributed by atoms with E-state index in [4.69, 9.17) is 18.9 Å². The summed E-state index contributed by atoms with van der Waals surface area (Å²) in [6.07, 6.45) is -1.16. The van der Waals surface area contributed by atoms with Crippen LogP contribution in [0.15, 0.2) is 11.6 Å². The topological polar surface area (TPSA) is 108 Å². The van der Waals surface area contributed by atoms with E-state index in [1.54, 1.807) is 25.6 Å². The molecule has 4 aliphatic rings. The van der Waals surface area contributed by atoms with Crippen LogP contribution in [0.3, 0.4) is 0 Å². The van der Waals surface area contributed by atoms with Crippen molar-refractivity contribution in [1.82, 2.24) is 0 Å². The second kappa shape index (κ2) is 7.78. The molecule has 3 fully saturated rings. The Labute approximate surface area is 186 Å². The molecule has 0 radical (unpaired) electrons. The molecule has 31 heavy (non-hydrogen) atoms. The van der Waals surface area contributed by atoms with E-state index in [-0.39, 0.29) is 24.2 Å². The van der Waals surface area contributed by atoms with Crippen molar-refractivity contribution >= 4 is 29.7 Å². The molecule has 0 aromatic rings. The Kier molecular flexibility index (Phi) is 5.67. The van der Waals surface area contributed by atoms with Crippen molar-refractivity contribution in [2.24, 2.45) is 28.6 Å². The van der Waals surface area contributed by atoms with E-state index < -0.39 is 59.0 Å². The fraction of sp³-hybridized carbons (Fsp3) is 0.773. The highest BCUT2D eigenvalue weighted by molar-refractivity contribution is 7.99. The molecule has 1 N–H and O–H groups in total. The molecule has 172 valence electrons. The van der Waals surface area contributed by atoms with E-state index in [9.17, 15) is 19.5 Å². The number of aliphatic hydroxyl groups excluding tert-OH is 1. The second-order valence-corrected chi connectivity index (χ2v) is 10.6. The lowest BCUT2D eigenvalue weighted by Gasteiger charge is -2.61. The average molecular weight is 455 g/mol. The summed E-state index contributed by atoms with van der Waals surface area (Å²) < 4.78 is 21.9. The lowest BCUT2D eigenvalue weighted by atomic mass is 9.45. The summed E-state index contributed by atoms with van der Waals surface area (Å²) in [5.41, 5.74) is -1.12. The summed E-state index contributed by atoms with van der Waals surface area (Å²) in [6, 6.07) is 0. The number of aliphatic hydroxyl groups is 1. The Morgan fingerprint density at radius 2 is 2.00 bits per heavy atom. The first-order chi connectivity index (χ1) is 14.6. The van der Waals surface area contributed by atoms with Crippen molar-refractivity contribution in [2.45, 2.75) is 57.9 Å². The molecule has 8 nitrogen and oxygen atoms in total. The zero-order valence-corrected chi connectivity index (χ0v) is 19.3. The first-order valence-corrected chi connectivity index (χ1v) is 11.8. The monoisotopic (exact) mass is 454 g/mol. The van der Waals surface area contributed by atoms with Crippen molar-refractivity contribution in [2.75, 3.05) is 19.5 Å². The molecule has 3 unspecified atom stereocenters. The minimum Gasteiger partial charge on any atom is -0.466 e. The van der Waals surface area contributed by atoms with Gasteiger partial charge in [-0.3, -0.25) is 9.59 Å². The number of carbonyl (C=O) groups is 3. The number of methoxy groups -OCH3 is 1. The van der Waals surface area contributed by atoms with E-state index in [1.807, 2.05) is 13.8 Å². The molecule has 9 atom stereocenters. The second-order valence-electron chi connectivity index (χ2n) is 9.14. The van der Waals surface area contributed by atoms with Crippen molar-refractivity contribution in [3.8, 4) is 0 Å². The highest BCUT2D eigenvalue weighted by atomic mass is 32.2. The number of rotatable bonds is 5. The van der Waals surface area contributed by atoms with Gasteiger partial charge in [0.25, 0.3) is 0 Å². The number of hydrogen-bond donors (Lipinski definition) is 1. The standard InChI is InChI=1S/C22H30O8S/c1-6-28-18(25)10-9-21(3)16-15(30-20(21)26)14(24)13-11(8-12(23)29-19(13)27-5)22(16,4)17(10)31-7-2/h8,10,13-17,19,24H,6-7,9H2,1-5H3/t10?,13?,14-,15-,16+,17?,19+,21+,22-/m1/s1. The fourth-order valence-corrected chi connectivity index (χ4v) is 8.00. The third kappa shape index (κ3) is 2.99. The van der Waals surface area contributed by atoms with Gasteiger partial charge in [0.15, 0.2) is 0 Å². The van der Waals surface area contributed by atoms with Gasteiger partial charge in [0.1, 0.15) is 12.2 Å². The van der Waals surface area contributed by atoms with Crippen LogP contribution in [0.4, 0.5) is 0 Å². The summed E-state index contributed by atoms with van der Waals surface area (Å²) in [4.78, 5) is 38.7. The Morgan fingerprint density at radius 3 is 2.61 bits per heavy atom. The first kappa shape index (κ1) is 22.6. The van der Waals surface area contributed by atoms with E-state index in [0.29, 0.717) is 5.57 Å². The zero-order valence-electron chi connectivity index (χ0n) is 18.5. The van der Waals surface area contributed by atoms with Crippen molar-refractivity contribution in [1.29, 1.82) is 0 Å². The summed E-state index contributed by atoms with van der Waals surface area (Å²) in [6.45, 7) is 7.80. The zero-order chi connectivity index (χ0) is 22.7. The van der Waals surface area contributed by atoms with Crippen LogP contribution >= 0.6 is 11.8 Å². The van der Waals surface area contributed by atoms with Crippen LogP contribution in [-0.4, -0.2) is 66.2 Å². The van der Waals surface area contributed by atoms with Gasteiger partial charge in [-0.25, -0.2) is 4.79 Å². The molecule has 9 heteroatoms. The van der Waals surface area contributed by atoms with E-state index in [2.05, 4.69) is 0 Å². The molecule has 2 heterocycles. The Hall–Kier alpha value is -1.58. The van der Waals surface area contributed by atoms with E-state index in [1.165, 1.54) is 13.2 Å². The Balaban J connectivity index is 1.94. The number of carbonyl (C=O) groups excluding carboxylic acids is 3. The van der Waals surface area contributed by atoms with Crippen molar-refractivity contribution < 1.29 is 38.4 Å². The minimum atomic E-state index is -1.08. The number of fused-ring (bicyclic) bond motifs is 2. The minimum absolute atomic E-state index is 0.241. The lowest BCUT2D eigenvalue weighted by molar-refractivity contribution is -0.212. The maximum Gasteiger partial charge on any atom is 0.333 e. The number of hydrogen-bond acceptors (Lipinski definition) is 9.